The van der Waals surface area contributed by atoms with Gasteiger partial charge in [0, 0.05) is 11.4 Å². The van der Waals surface area contributed by atoms with Crippen LogP contribution in [0.1, 0.15) is 40.6 Å². The maximum atomic E-state index is 12.7. The fourth-order valence-electron chi connectivity index (χ4n) is 3.56. The van der Waals surface area contributed by atoms with E-state index in [4.69, 9.17) is 9.15 Å². The van der Waals surface area contributed by atoms with E-state index in [-0.39, 0.29) is 11.7 Å². The number of thioether (sulfide) groups is 1. The molecule has 0 aromatic carbocycles. The Bertz CT molecular complexity index is 1120. The lowest BCUT2D eigenvalue weighted by atomic mass is 9.95. The first-order chi connectivity index (χ1) is 15.0. The van der Waals surface area contributed by atoms with Gasteiger partial charge in [0.25, 0.3) is 0 Å². The summed E-state index contributed by atoms with van der Waals surface area (Å²) in [6.45, 7) is 2.61. The van der Waals surface area contributed by atoms with Crippen molar-refractivity contribution in [1.29, 1.82) is 0 Å². The predicted octanol–water partition coefficient (Wildman–Crippen LogP) is 4.78. The molecule has 1 amide bonds. The number of carbonyl (C=O) groups is 2. The van der Waals surface area contributed by atoms with Crippen LogP contribution in [0.15, 0.2) is 26.4 Å². The molecule has 31 heavy (non-hydrogen) atoms. The summed E-state index contributed by atoms with van der Waals surface area (Å²) in [6, 6.07) is 3.61. The van der Waals surface area contributed by atoms with Crippen LogP contribution >= 0.6 is 39.0 Å². The van der Waals surface area contributed by atoms with Gasteiger partial charge in [-0.2, -0.15) is 0 Å². The largest absolute Gasteiger partial charge is 0.465 e. The molecule has 0 fully saturated rings. The quantitative estimate of drug-likeness (QED) is 0.350. The van der Waals surface area contributed by atoms with Crippen LogP contribution in [0.4, 0.5) is 5.00 Å². The Morgan fingerprint density at radius 3 is 2.84 bits per heavy atom. The number of thiophene rings is 1. The van der Waals surface area contributed by atoms with E-state index in [2.05, 4.69) is 31.4 Å². The van der Waals surface area contributed by atoms with Crippen molar-refractivity contribution < 1.29 is 18.7 Å². The number of ether oxygens (including phenoxy) is 1. The Hall–Kier alpha value is -2.11. The van der Waals surface area contributed by atoms with Gasteiger partial charge < -0.3 is 14.5 Å². The molecular formula is C20H21BrN4O4S2. The molecule has 8 nitrogen and oxygen atoms in total. The van der Waals surface area contributed by atoms with Crippen molar-refractivity contribution in [1.82, 2.24) is 14.8 Å². The van der Waals surface area contributed by atoms with E-state index in [0.29, 0.717) is 38.5 Å². The Morgan fingerprint density at radius 1 is 1.32 bits per heavy atom. The zero-order valence-electron chi connectivity index (χ0n) is 17.1. The van der Waals surface area contributed by atoms with Crippen molar-refractivity contribution in [3.8, 4) is 11.6 Å². The molecule has 164 valence electrons. The molecule has 3 aromatic heterocycles. The number of methoxy groups -OCH3 is 1. The number of carbonyl (C=O) groups excluding carboxylic acids is 2. The fourth-order valence-corrected chi connectivity index (χ4v) is 5.96. The molecule has 0 radical (unpaired) electrons. The van der Waals surface area contributed by atoms with Crippen molar-refractivity contribution in [3.63, 3.8) is 0 Å². The van der Waals surface area contributed by atoms with Crippen LogP contribution in [0.5, 0.6) is 0 Å². The Balaban J connectivity index is 1.48. The number of fused-ring (bicyclic) bond motifs is 1. The zero-order valence-corrected chi connectivity index (χ0v) is 20.3. The van der Waals surface area contributed by atoms with E-state index in [0.717, 1.165) is 36.1 Å². The number of esters is 1. The second kappa shape index (κ2) is 9.58. The first-order valence-electron chi connectivity index (χ1n) is 9.86. The maximum Gasteiger partial charge on any atom is 0.341 e. The van der Waals surface area contributed by atoms with E-state index >= 15 is 0 Å². The number of hydrogen-bond donors (Lipinski definition) is 1. The van der Waals surface area contributed by atoms with Crippen LogP contribution in [0.25, 0.3) is 11.6 Å². The average Bonchev–Trinajstić information content (AvgIpc) is 3.47. The lowest BCUT2D eigenvalue weighted by Crippen LogP contribution is -2.17. The highest BCUT2D eigenvalue weighted by Crippen LogP contribution is 2.38. The molecule has 0 aliphatic heterocycles. The van der Waals surface area contributed by atoms with Crippen LogP contribution in [-0.4, -0.2) is 39.5 Å². The van der Waals surface area contributed by atoms with Crippen molar-refractivity contribution in [3.05, 3.63) is 32.8 Å². The Morgan fingerprint density at radius 2 is 2.13 bits per heavy atom. The average molecular weight is 525 g/mol. The van der Waals surface area contributed by atoms with Crippen LogP contribution in [0.2, 0.25) is 0 Å². The van der Waals surface area contributed by atoms with E-state index < -0.39 is 5.97 Å². The summed E-state index contributed by atoms with van der Waals surface area (Å²) in [5, 5.41) is 12.5. The van der Waals surface area contributed by atoms with E-state index in [1.165, 1.54) is 30.2 Å². The van der Waals surface area contributed by atoms with E-state index in [1.807, 2.05) is 17.6 Å². The summed E-state index contributed by atoms with van der Waals surface area (Å²) < 4.78 is 13.1. The second-order valence-electron chi connectivity index (χ2n) is 6.90. The number of nitrogens with one attached hydrogen (secondary N) is 1. The highest BCUT2D eigenvalue weighted by Gasteiger charge is 2.27. The van der Waals surface area contributed by atoms with Gasteiger partial charge >= 0.3 is 5.97 Å². The van der Waals surface area contributed by atoms with Crippen LogP contribution in [0, 0.1) is 0 Å². The number of anilines is 1. The summed E-state index contributed by atoms with van der Waals surface area (Å²) in [4.78, 5) is 26.2. The van der Waals surface area contributed by atoms with Crippen LogP contribution < -0.4 is 5.32 Å². The van der Waals surface area contributed by atoms with Gasteiger partial charge in [-0.3, -0.25) is 9.36 Å². The van der Waals surface area contributed by atoms with E-state index in [9.17, 15) is 9.59 Å². The maximum absolute atomic E-state index is 12.7. The summed E-state index contributed by atoms with van der Waals surface area (Å²) in [5.41, 5.74) is 1.52. The number of furan rings is 1. The minimum Gasteiger partial charge on any atom is -0.465 e. The molecule has 0 saturated heterocycles. The molecule has 3 heterocycles. The van der Waals surface area contributed by atoms with Gasteiger partial charge in [0.2, 0.25) is 11.7 Å². The molecule has 11 heteroatoms. The Kier molecular flexibility index (Phi) is 6.83. The summed E-state index contributed by atoms with van der Waals surface area (Å²) in [6.07, 6.45) is 3.91. The predicted molar refractivity (Wildman–Crippen MR) is 123 cm³/mol. The van der Waals surface area contributed by atoms with Gasteiger partial charge in [-0.15, -0.1) is 21.5 Å². The number of nitrogens with zero attached hydrogens (tertiary/aromatic N) is 3. The third-order valence-electron chi connectivity index (χ3n) is 4.97. The topological polar surface area (TPSA) is 99.2 Å². The van der Waals surface area contributed by atoms with Gasteiger partial charge in [0.15, 0.2) is 15.6 Å². The summed E-state index contributed by atoms with van der Waals surface area (Å²) >= 11 is 6.06. The highest BCUT2D eigenvalue weighted by molar-refractivity contribution is 9.10. The molecule has 1 N–H and O–H groups in total. The molecule has 0 atom stereocenters. The molecule has 1 aliphatic carbocycles. The molecule has 3 aromatic rings. The zero-order chi connectivity index (χ0) is 22.0. The van der Waals surface area contributed by atoms with Crippen molar-refractivity contribution >= 4 is 55.9 Å². The first-order valence-corrected chi connectivity index (χ1v) is 12.5. The normalized spacial score (nSPS) is 13.1. The molecule has 0 unspecified atom stereocenters. The third-order valence-corrected chi connectivity index (χ3v) is 7.57. The monoisotopic (exact) mass is 524 g/mol. The number of aromatic nitrogens is 3. The number of halogens is 1. The fraction of sp³-hybridized carbons (Fsp3) is 0.400. The van der Waals surface area contributed by atoms with Gasteiger partial charge in [0.1, 0.15) is 5.00 Å². The SMILES string of the molecule is CCn1c(SCC(=O)Nc2sc3c(c2C(=O)OC)CCCC3)nnc1-c1ccc(Br)o1. The second-order valence-corrected chi connectivity index (χ2v) is 9.73. The lowest BCUT2D eigenvalue weighted by Gasteiger charge is -2.11. The Labute approximate surface area is 195 Å². The minimum absolute atomic E-state index is 0.142. The third kappa shape index (κ3) is 4.58. The molecular weight excluding hydrogens is 504 g/mol. The van der Waals surface area contributed by atoms with Gasteiger partial charge in [-0.25, -0.2) is 4.79 Å². The minimum atomic E-state index is -0.401. The lowest BCUT2D eigenvalue weighted by molar-refractivity contribution is -0.113. The molecule has 0 saturated carbocycles. The summed E-state index contributed by atoms with van der Waals surface area (Å²) in [5.74, 6) is 0.742. The van der Waals surface area contributed by atoms with Crippen molar-refractivity contribution in [2.75, 3.05) is 18.2 Å². The molecule has 4 rings (SSSR count). The smallest absolute Gasteiger partial charge is 0.341 e. The van der Waals surface area contributed by atoms with Crippen LogP contribution in [-0.2, 0) is 28.9 Å². The van der Waals surface area contributed by atoms with Gasteiger partial charge in [0.05, 0.1) is 18.4 Å². The number of amides is 1. The van der Waals surface area contributed by atoms with E-state index in [1.54, 1.807) is 6.07 Å². The standard InChI is InChI=1S/C20H21BrN4O4S2/c1-3-25-17(12-8-9-14(21)29-12)23-24-20(25)30-10-15(26)22-18-16(19(27)28-2)11-6-4-5-7-13(11)31-18/h8-9H,3-7,10H2,1-2H3,(H,22,26). The first kappa shape index (κ1) is 22.1. The molecule has 0 bridgehead atoms. The molecule has 1 aliphatic rings. The number of aryl methyl sites for hydroxylation is 1. The number of hydrogen-bond acceptors (Lipinski definition) is 8. The van der Waals surface area contributed by atoms with Gasteiger partial charge in [-0.05, 0) is 66.2 Å². The van der Waals surface area contributed by atoms with Crippen molar-refractivity contribution in [2.24, 2.45) is 0 Å². The van der Waals surface area contributed by atoms with Gasteiger partial charge in [-0.1, -0.05) is 11.8 Å². The molecule has 0 spiro atoms. The van der Waals surface area contributed by atoms with Crippen molar-refractivity contribution in [2.45, 2.75) is 44.3 Å². The number of rotatable bonds is 7. The highest BCUT2D eigenvalue weighted by atomic mass is 79.9. The van der Waals surface area contributed by atoms with Crippen LogP contribution in [0.3, 0.4) is 0 Å². The summed E-state index contributed by atoms with van der Waals surface area (Å²) in [7, 11) is 1.36.